The number of benzene rings is 1. The lowest BCUT2D eigenvalue weighted by Crippen LogP contribution is -2.30. The highest BCUT2D eigenvalue weighted by molar-refractivity contribution is 9.10. The van der Waals surface area contributed by atoms with Gasteiger partial charge in [-0.3, -0.25) is 4.79 Å². The van der Waals surface area contributed by atoms with E-state index in [0.29, 0.717) is 25.4 Å². The van der Waals surface area contributed by atoms with Crippen LogP contribution in [-0.2, 0) is 11.3 Å². The minimum Gasteiger partial charge on any atom is -0.454 e. The Hall–Kier alpha value is -1.27. The van der Waals surface area contributed by atoms with Gasteiger partial charge in [0.25, 0.3) is 0 Å². The summed E-state index contributed by atoms with van der Waals surface area (Å²) in [5, 5.41) is 6.16. The number of hydrogen-bond donors (Lipinski definition) is 2. The van der Waals surface area contributed by atoms with E-state index < -0.39 is 0 Å². The number of fused-ring (bicyclic) bond motifs is 1. The molecule has 0 saturated carbocycles. The van der Waals surface area contributed by atoms with Gasteiger partial charge in [0.1, 0.15) is 0 Å². The van der Waals surface area contributed by atoms with E-state index in [4.69, 9.17) is 9.47 Å². The first-order valence-electron chi connectivity index (χ1n) is 7.11. The predicted octanol–water partition coefficient (Wildman–Crippen LogP) is 2.43. The Balaban J connectivity index is 1.72. The number of rotatable bonds is 7. The number of carbonyl (C=O) groups is 1. The summed E-state index contributed by atoms with van der Waals surface area (Å²) >= 11 is 3.47. The average Bonchev–Trinajstić information content (AvgIpc) is 2.90. The number of carbonyl (C=O) groups excluding carboxylic acids is 1. The van der Waals surface area contributed by atoms with Crippen LogP contribution in [0.3, 0.4) is 0 Å². The van der Waals surface area contributed by atoms with Crippen LogP contribution in [0.5, 0.6) is 11.5 Å². The Bertz CT molecular complexity index is 506. The van der Waals surface area contributed by atoms with Crippen LogP contribution < -0.4 is 20.1 Å². The van der Waals surface area contributed by atoms with Gasteiger partial charge in [-0.1, -0.05) is 13.8 Å². The highest BCUT2D eigenvalue weighted by atomic mass is 79.9. The quantitative estimate of drug-likeness (QED) is 0.736. The standard InChI is InChI=1S/C15H21BrN2O3/c1-10(2)7-18-14(19)3-4-17-8-11-5-12(16)15-13(6-11)20-9-21-15/h5-6,10,17H,3-4,7-9H2,1-2H3,(H,18,19). The molecule has 0 unspecified atom stereocenters. The summed E-state index contributed by atoms with van der Waals surface area (Å²) in [4.78, 5) is 11.6. The van der Waals surface area contributed by atoms with E-state index in [1.807, 2.05) is 12.1 Å². The number of halogens is 1. The molecular formula is C15H21BrN2O3. The topological polar surface area (TPSA) is 59.6 Å². The van der Waals surface area contributed by atoms with Crippen LogP contribution >= 0.6 is 15.9 Å². The van der Waals surface area contributed by atoms with E-state index in [-0.39, 0.29) is 12.7 Å². The molecule has 2 N–H and O–H groups in total. The molecule has 0 saturated heterocycles. The molecule has 0 fully saturated rings. The number of nitrogens with one attached hydrogen (secondary N) is 2. The fourth-order valence-corrected chi connectivity index (χ4v) is 2.57. The molecule has 0 atom stereocenters. The Morgan fingerprint density at radius 2 is 2.19 bits per heavy atom. The monoisotopic (exact) mass is 356 g/mol. The first kappa shape index (κ1) is 16.1. The SMILES string of the molecule is CC(C)CNC(=O)CCNCc1cc(Br)c2c(c1)OCO2. The smallest absolute Gasteiger partial charge is 0.231 e. The van der Waals surface area contributed by atoms with Crippen LogP contribution in [0.1, 0.15) is 25.8 Å². The molecule has 1 amide bonds. The van der Waals surface area contributed by atoms with Crippen molar-refractivity contribution >= 4 is 21.8 Å². The number of amides is 1. The van der Waals surface area contributed by atoms with Crippen molar-refractivity contribution in [3.05, 3.63) is 22.2 Å². The lowest BCUT2D eigenvalue weighted by atomic mass is 10.2. The van der Waals surface area contributed by atoms with Gasteiger partial charge in [-0.2, -0.15) is 0 Å². The lowest BCUT2D eigenvalue weighted by molar-refractivity contribution is -0.121. The molecule has 1 aromatic carbocycles. The second-order valence-electron chi connectivity index (χ2n) is 5.44. The van der Waals surface area contributed by atoms with Gasteiger partial charge < -0.3 is 20.1 Å². The summed E-state index contributed by atoms with van der Waals surface area (Å²) in [7, 11) is 0. The third-order valence-corrected chi connectivity index (χ3v) is 3.64. The Kier molecular flexibility index (Phi) is 5.87. The molecule has 0 spiro atoms. The van der Waals surface area contributed by atoms with Crippen LogP contribution in [0.25, 0.3) is 0 Å². The van der Waals surface area contributed by atoms with E-state index in [1.165, 1.54) is 0 Å². The maximum absolute atomic E-state index is 11.6. The molecule has 1 aromatic rings. The summed E-state index contributed by atoms with van der Waals surface area (Å²) in [6.07, 6.45) is 0.485. The minimum atomic E-state index is 0.0862. The molecule has 116 valence electrons. The van der Waals surface area contributed by atoms with Gasteiger partial charge in [0.05, 0.1) is 4.47 Å². The lowest BCUT2D eigenvalue weighted by Gasteiger charge is -2.09. The van der Waals surface area contributed by atoms with Crippen molar-refractivity contribution in [3.8, 4) is 11.5 Å². The average molecular weight is 357 g/mol. The van der Waals surface area contributed by atoms with E-state index in [9.17, 15) is 4.79 Å². The maximum Gasteiger partial charge on any atom is 0.231 e. The number of ether oxygens (including phenoxy) is 2. The zero-order chi connectivity index (χ0) is 15.2. The molecule has 0 radical (unpaired) electrons. The Morgan fingerprint density at radius 1 is 1.38 bits per heavy atom. The largest absolute Gasteiger partial charge is 0.454 e. The fraction of sp³-hybridized carbons (Fsp3) is 0.533. The van der Waals surface area contributed by atoms with E-state index in [2.05, 4.69) is 40.4 Å². The van der Waals surface area contributed by atoms with Gasteiger partial charge in [0, 0.05) is 26.1 Å². The van der Waals surface area contributed by atoms with Crippen molar-refractivity contribution in [1.29, 1.82) is 0 Å². The summed E-state index contributed by atoms with van der Waals surface area (Å²) in [6.45, 7) is 6.49. The Morgan fingerprint density at radius 3 is 2.95 bits per heavy atom. The summed E-state index contributed by atoms with van der Waals surface area (Å²) in [5.41, 5.74) is 1.09. The van der Waals surface area contributed by atoms with Crippen molar-refractivity contribution in [2.24, 2.45) is 5.92 Å². The summed E-state index contributed by atoms with van der Waals surface area (Å²) in [5.74, 6) is 2.08. The van der Waals surface area contributed by atoms with E-state index >= 15 is 0 Å². The molecule has 5 nitrogen and oxygen atoms in total. The molecule has 2 rings (SSSR count). The van der Waals surface area contributed by atoms with Crippen LogP contribution in [0.15, 0.2) is 16.6 Å². The van der Waals surface area contributed by atoms with Gasteiger partial charge in [-0.05, 0) is 39.5 Å². The van der Waals surface area contributed by atoms with Gasteiger partial charge in [-0.25, -0.2) is 0 Å². The highest BCUT2D eigenvalue weighted by Crippen LogP contribution is 2.39. The van der Waals surface area contributed by atoms with Crippen LogP contribution in [0.4, 0.5) is 0 Å². The van der Waals surface area contributed by atoms with Gasteiger partial charge in [0.2, 0.25) is 12.7 Å². The van der Waals surface area contributed by atoms with Gasteiger partial charge in [-0.15, -0.1) is 0 Å². The van der Waals surface area contributed by atoms with Crippen molar-refractivity contribution in [2.75, 3.05) is 19.9 Å². The third-order valence-electron chi connectivity index (χ3n) is 3.05. The Labute approximate surface area is 133 Å². The first-order valence-corrected chi connectivity index (χ1v) is 7.91. The van der Waals surface area contributed by atoms with Crippen molar-refractivity contribution in [1.82, 2.24) is 10.6 Å². The van der Waals surface area contributed by atoms with Crippen LogP contribution in [0, 0.1) is 5.92 Å². The third kappa shape index (κ3) is 4.89. The number of hydrogen-bond acceptors (Lipinski definition) is 4. The first-order chi connectivity index (χ1) is 10.1. The minimum absolute atomic E-state index is 0.0862. The van der Waals surface area contributed by atoms with Crippen LogP contribution in [-0.4, -0.2) is 25.8 Å². The highest BCUT2D eigenvalue weighted by Gasteiger charge is 2.17. The van der Waals surface area contributed by atoms with Crippen molar-refractivity contribution in [3.63, 3.8) is 0 Å². The molecule has 0 bridgehead atoms. The van der Waals surface area contributed by atoms with E-state index in [0.717, 1.165) is 28.1 Å². The van der Waals surface area contributed by atoms with Crippen molar-refractivity contribution < 1.29 is 14.3 Å². The van der Waals surface area contributed by atoms with Gasteiger partial charge >= 0.3 is 0 Å². The zero-order valence-electron chi connectivity index (χ0n) is 12.4. The summed E-state index contributed by atoms with van der Waals surface area (Å²) in [6, 6.07) is 3.96. The molecule has 1 aliphatic heterocycles. The normalized spacial score (nSPS) is 12.8. The van der Waals surface area contributed by atoms with Crippen molar-refractivity contribution in [2.45, 2.75) is 26.8 Å². The molecule has 1 aliphatic rings. The molecular weight excluding hydrogens is 336 g/mol. The predicted molar refractivity (Wildman–Crippen MR) is 84.4 cm³/mol. The summed E-state index contributed by atoms with van der Waals surface area (Å²) < 4.78 is 11.6. The van der Waals surface area contributed by atoms with E-state index in [1.54, 1.807) is 0 Å². The second-order valence-corrected chi connectivity index (χ2v) is 6.29. The fourth-order valence-electron chi connectivity index (χ4n) is 1.96. The zero-order valence-corrected chi connectivity index (χ0v) is 14.0. The molecule has 21 heavy (non-hydrogen) atoms. The van der Waals surface area contributed by atoms with Gasteiger partial charge in [0.15, 0.2) is 11.5 Å². The molecule has 6 heteroatoms. The molecule has 0 aromatic heterocycles. The van der Waals surface area contributed by atoms with Crippen LogP contribution in [0.2, 0.25) is 0 Å². The molecule has 1 heterocycles. The second kappa shape index (κ2) is 7.66. The molecule has 0 aliphatic carbocycles. The maximum atomic E-state index is 11.6.